The summed E-state index contributed by atoms with van der Waals surface area (Å²) in [5.74, 6) is -0.114. The van der Waals surface area contributed by atoms with Crippen molar-refractivity contribution in [2.24, 2.45) is 0 Å². The summed E-state index contributed by atoms with van der Waals surface area (Å²) in [6.07, 6.45) is 9.14. The Morgan fingerprint density at radius 2 is 2.00 bits per heavy atom. The summed E-state index contributed by atoms with van der Waals surface area (Å²) < 4.78 is 10.8. The molecule has 1 aromatic heterocycles. The molecule has 0 unspecified atom stereocenters. The molecule has 23 heavy (non-hydrogen) atoms. The monoisotopic (exact) mass is 322 g/mol. The van der Waals surface area contributed by atoms with Crippen LogP contribution in [0.5, 0.6) is 0 Å². The highest BCUT2D eigenvalue weighted by molar-refractivity contribution is 5.91. The zero-order valence-corrected chi connectivity index (χ0v) is 13.5. The summed E-state index contributed by atoms with van der Waals surface area (Å²) in [5.41, 5.74) is 0. The maximum atomic E-state index is 11.6. The van der Waals surface area contributed by atoms with Crippen LogP contribution < -0.4 is 10.6 Å². The first-order valence-electron chi connectivity index (χ1n) is 8.45. The average Bonchev–Trinajstić information content (AvgIpc) is 3.10. The molecule has 2 rings (SSSR count). The summed E-state index contributed by atoms with van der Waals surface area (Å²) in [7, 11) is 0. The average molecular weight is 322 g/mol. The molecule has 6 nitrogen and oxygen atoms in total. The topological polar surface area (TPSA) is 80.6 Å². The predicted octanol–water partition coefficient (Wildman–Crippen LogP) is 2.26. The maximum absolute atomic E-state index is 11.6. The SMILES string of the molecule is O=C(CCNC(=O)c1ccco1)NCCCOC1CCCCC1. The number of hydrogen-bond acceptors (Lipinski definition) is 4. The van der Waals surface area contributed by atoms with Crippen molar-refractivity contribution in [2.45, 2.75) is 51.0 Å². The highest BCUT2D eigenvalue weighted by Crippen LogP contribution is 2.20. The fraction of sp³-hybridized carbons (Fsp3) is 0.647. The van der Waals surface area contributed by atoms with E-state index in [1.54, 1.807) is 12.1 Å². The Labute approximate surface area is 137 Å². The molecular formula is C17H26N2O4. The van der Waals surface area contributed by atoms with Gasteiger partial charge >= 0.3 is 0 Å². The molecule has 1 aromatic rings. The normalized spacial score (nSPS) is 15.3. The first-order valence-corrected chi connectivity index (χ1v) is 8.45. The minimum atomic E-state index is -0.302. The van der Waals surface area contributed by atoms with E-state index in [1.807, 2.05) is 0 Å². The number of rotatable bonds is 9. The second-order valence-electron chi connectivity index (χ2n) is 5.82. The fourth-order valence-electron chi connectivity index (χ4n) is 2.65. The van der Waals surface area contributed by atoms with E-state index in [1.165, 1.54) is 38.4 Å². The van der Waals surface area contributed by atoms with Gasteiger partial charge in [-0.25, -0.2) is 0 Å². The van der Waals surface area contributed by atoms with Crippen molar-refractivity contribution in [2.75, 3.05) is 19.7 Å². The van der Waals surface area contributed by atoms with E-state index in [0.29, 0.717) is 25.8 Å². The maximum Gasteiger partial charge on any atom is 0.286 e. The highest BCUT2D eigenvalue weighted by atomic mass is 16.5. The molecule has 0 atom stereocenters. The second kappa shape index (κ2) is 10.0. The van der Waals surface area contributed by atoms with E-state index in [2.05, 4.69) is 10.6 Å². The van der Waals surface area contributed by atoms with Crippen LogP contribution in [0.4, 0.5) is 0 Å². The van der Waals surface area contributed by atoms with Gasteiger partial charge in [0.05, 0.1) is 12.4 Å². The number of ether oxygens (including phenoxy) is 1. The van der Waals surface area contributed by atoms with E-state index in [9.17, 15) is 9.59 Å². The fourth-order valence-corrected chi connectivity index (χ4v) is 2.65. The van der Waals surface area contributed by atoms with Crippen LogP contribution in [0.25, 0.3) is 0 Å². The van der Waals surface area contributed by atoms with Gasteiger partial charge in [-0.15, -0.1) is 0 Å². The molecule has 6 heteroatoms. The largest absolute Gasteiger partial charge is 0.459 e. The Morgan fingerprint density at radius 1 is 1.17 bits per heavy atom. The van der Waals surface area contributed by atoms with Gasteiger partial charge in [0.1, 0.15) is 0 Å². The molecule has 1 aliphatic rings. The molecule has 2 amide bonds. The van der Waals surface area contributed by atoms with Crippen molar-refractivity contribution in [1.82, 2.24) is 10.6 Å². The highest BCUT2D eigenvalue weighted by Gasteiger charge is 2.13. The number of carbonyl (C=O) groups is 2. The first-order chi connectivity index (χ1) is 11.3. The summed E-state index contributed by atoms with van der Waals surface area (Å²) in [6.45, 7) is 1.60. The Balaban J connectivity index is 1.44. The van der Waals surface area contributed by atoms with Gasteiger partial charge in [-0.3, -0.25) is 9.59 Å². The molecule has 0 aliphatic heterocycles. The Hall–Kier alpha value is -1.82. The van der Waals surface area contributed by atoms with Gasteiger partial charge in [0.15, 0.2) is 5.76 Å². The van der Waals surface area contributed by atoms with Crippen LogP contribution in [0.3, 0.4) is 0 Å². The number of amides is 2. The lowest BCUT2D eigenvalue weighted by Crippen LogP contribution is -2.31. The molecule has 1 fully saturated rings. The molecule has 0 saturated heterocycles. The standard InChI is InChI=1S/C17H26N2O4/c20-16(9-11-19-17(21)15-8-4-12-23-15)18-10-5-13-22-14-6-2-1-3-7-14/h4,8,12,14H,1-3,5-7,9-11,13H2,(H,18,20)(H,19,21). The van der Waals surface area contributed by atoms with Gasteiger partial charge in [0, 0.05) is 26.1 Å². The van der Waals surface area contributed by atoms with Crippen LogP contribution in [-0.2, 0) is 9.53 Å². The molecule has 1 aliphatic carbocycles. The van der Waals surface area contributed by atoms with Gasteiger partial charge in [-0.05, 0) is 31.4 Å². The molecule has 1 heterocycles. The zero-order valence-electron chi connectivity index (χ0n) is 13.5. The Bertz CT molecular complexity index is 467. The van der Waals surface area contributed by atoms with Crippen molar-refractivity contribution in [3.05, 3.63) is 24.2 Å². The van der Waals surface area contributed by atoms with E-state index >= 15 is 0 Å². The molecular weight excluding hydrogens is 296 g/mol. The molecule has 0 spiro atoms. The van der Waals surface area contributed by atoms with Crippen LogP contribution in [0.15, 0.2) is 22.8 Å². The number of nitrogens with one attached hydrogen (secondary N) is 2. The lowest BCUT2D eigenvalue weighted by atomic mass is 9.98. The quantitative estimate of drug-likeness (QED) is 0.683. The van der Waals surface area contributed by atoms with Gasteiger partial charge in [0.25, 0.3) is 5.91 Å². The number of carbonyl (C=O) groups excluding carboxylic acids is 2. The third kappa shape index (κ3) is 6.86. The molecule has 0 aromatic carbocycles. The van der Waals surface area contributed by atoms with Crippen molar-refractivity contribution in [1.29, 1.82) is 0 Å². The predicted molar refractivity (Wildman–Crippen MR) is 86.1 cm³/mol. The first kappa shape index (κ1) is 17.5. The number of hydrogen-bond donors (Lipinski definition) is 2. The van der Waals surface area contributed by atoms with Gasteiger partial charge in [0.2, 0.25) is 5.91 Å². The molecule has 0 radical (unpaired) electrons. The zero-order chi connectivity index (χ0) is 16.3. The Morgan fingerprint density at radius 3 is 2.74 bits per heavy atom. The summed E-state index contributed by atoms with van der Waals surface area (Å²) in [4.78, 5) is 23.2. The van der Waals surface area contributed by atoms with E-state index in [-0.39, 0.29) is 24.0 Å². The second-order valence-corrected chi connectivity index (χ2v) is 5.82. The van der Waals surface area contributed by atoms with Crippen molar-refractivity contribution < 1.29 is 18.7 Å². The summed E-state index contributed by atoms with van der Waals surface area (Å²) >= 11 is 0. The third-order valence-electron chi connectivity index (χ3n) is 3.93. The lowest BCUT2D eigenvalue weighted by molar-refractivity contribution is -0.121. The van der Waals surface area contributed by atoms with Crippen molar-refractivity contribution in [3.63, 3.8) is 0 Å². The lowest BCUT2D eigenvalue weighted by Gasteiger charge is -2.21. The smallest absolute Gasteiger partial charge is 0.286 e. The van der Waals surface area contributed by atoms with Crippen LogP contribution in [0.2, 0.25) is 0 Å². The molecule has 128 valence electrons. The molecule has 2 N–H and O–H groups in total. The Kier molecular flexibility index (Phi) is 7.66. The summed E-state index contributed by atoms with van der Waals surface area (Å²) in [5, 5.41) is 5.48. The van der Waals surface area contributed by atoms with Gasteiger partial charge in [-0.1, -0.05) is 19.3 Å². The summed E-state index contributed by atoms with van der Waals surface area (Å²) in [6, 6.07) is 3.23. The minimum absolute atomic E-state index is 0.0672. The van der Waals surface area contributed by atoms with Gasteiger partial charge < -0.3 is 19.8 Å². The van der Waals surface area contributed by atoms with Crippen LogP contribution >= 0.6 is 0 Å². The van der Waals surface area contributed by atoms with E-state index < -0.39 is 0 Å². The number of furan rings is 1. The third-order valence-corrected chi connectivity index (χ3v) is 3.93. The molecule has 1 saturated carbocycles. The van der Waals surface area contributed by atoms with Crippen LogP contribution in [-0.4, -0.2) is 37.6 Å². The minimum Gasteiger partial charge on any atom is -0.459 e. The van der Waals surface area contributed by atoms with Crippen molar-refractivity contribution >= 4 is 11.8 Å². The van der Waals surface area contributed by atoms with E-state index in [0.717, 1.165) is 6.42 Å². The molecule has 0 bridgehead atoms. The van der Waals surface area contributed by atoms with Gasteiger partial charge in [-0.2, -0.15) is 0 Å². The van der Waals surface area contributed by atoms with Crippen LogP contribution in [0.1, 0.15) is 55.5 Å². The van der Waals surface area contributed by atoms with E-state index in [4.69, 9.17) is 9.15 Å². The van der Waals surface area contributed by atoms with Crippen molar-refractivity contribution in [3.8, 4) is 0 Å². The van der Waals surface area contributed by atoms with Crippen LogP contribution in [0, 0.1) is 0 Å².